The molecule has 2 aromatic carbocycles. The summed E-state index contributed by atoms with van der Waals surface area (Å²) in [6, 6.07) is 14.9. The number of methoxy groups -OCH3 is 1. The number of nitrogens with zero attached hydrogens (tertiary/aromatic N) is 2. The van der Waals surface area contributed by atoms with Gasteiger partial charge in [0.05, 0.1) is 22.9 Å². The van der Waals surface area contributed by atoms with Gasteiger partial charge in [-0.15, -0.1) is 11.3 Å². The summed E-state index contributed by atoms with van der Waals surface area (Å²) in [7, 11) is 1.47. The van der Waals surface area contributed by atoms with E-state index < -0.39 is 12.6 Å². The van der Waals surface area contributed by atoms with Crippen LogP contribution >= 0.6 is 11.3 Å². The van der Waals surface area contributed by atoms with Crippen LogP contribution in [0, 0.1) is 11.3 Å². The second kappa shape index (κ2) is 7.68. The summed E-state index contributed by atoms with van der Waals surface area (Å²) >= 11 is 1.45. The van der Waals surface area contributed by atoms with Crippen molar-refractivity contribution in [2.24, 2.45) is 0 Å². The third-order valence-electron chi connectivity index (χ3n) is 3.49. The lowest BCUT2D eigenvalue weighted by molar-refractivity contribution is -0.139. The first-order valence-electron chi connectivity index (χ1n) is 7.61. The lowest BCUT2D eigenvalue weighted by atomic mass is 10.1. The van der Waals surface area contributed by atoms with E-state index in [2.05, 4.69) is 11.1 Å². The first-order chi connectivity index (χ1) is 12.6. The second-order valence-electron chi connectivity index (χ2n) is 5.25. The molecular weight excluding hydrogens is 352 g/mol. The number of thiazole rings is 1. The molecule has 1 aromatic heterocycles. The van der Waals surface area contributed by atoms with Crippen molar-refractivity contribution in [3.63, 3.8) is 0 Å². The van der Waals surface area contributed by atoms with E-state index in [9.17, 15) is 10.1 Å². The highest BCUT2D eigenvalue weighted by Crippen LogP contribution is 2.31. The number of allylic oxidation sites excluding steroid dienone is 1. The molecule has 3 aromatic rings. The number of para-hydroxylation sites is 1. The molecule has 0 atom stereocenters. The molecule has 0 spiro atoms. The molecule has 6 nitrogen and oxygen atoms in total. The largest absolute Gasteiger partial charge is 0.493 e. The highest BCUT2D eigenvalue weighted by Gasteiger charge is 2.11. The van der Waals surface area contributed by atoms with Gasteiger partial charge in [0.2, 0.25) is 0 Å². The minimum Gasteiger partial charge on any atom is -0.493 e. The summed E-state index contributed by atoms with van der Waals surface area (Å²) in [5.74, 6) is -0.356. The van der Waals surface area contributed by atoms with Crippen LogP contribution in [-0.2, 0) is 4.79 Å². The second-order valence-corrected chi connectivity index (χ2v) is 6.28. The Bertz CT molecular complexity index is 1000. The monoisotopic (exact) mass is 366 g/mol. The molecule has 0 amide bonds. The molecule has 0 radical (unpaired) electrons. The summed E-state index contributed by atoms with van der Waals surface area (Å²) in [6.07, 6.45) is 1.71. The van der Waals surface area contributed by atoms with Crippen LogP contribution in [0.15, 0.2) is 42.5 Å². The number of carboxylic acids is 1. The van der Waals surface area contributed by atoms with E-state index >= 15 is 0 Å². The van der Waals surface area contributed by atoms with Crippen LogP contribution in [0.25, 0.3) is 21.9 Å². The quantitative estimate of drug-likeness (QED) is 0.667. The number of aliphatic carboxylic acids is 1. The van der Waals surface area contributed by atoms with E-state index in [1.165, 1.54) is 18.4 Å². The van der Waals surface area contributed by atoms with Crippen molar-refractivity contribution >= 4 is 39.2 Å². The van der Waals surface area contributed by atoms with Crippen LogP contribution in [0.4, 0.5) is 0 Å². The molecule has 7 heteroatoms. The molecule has 1 heterocycles. The van der Waals surface area contributed by atoms with Crippen LogP contribution in [0.1, 0.15) is 10.6 Å². The van der Waals surface area contributed by atoms with Gasteiger partial charge in [-0.2, -0.15) is 5.26 Å². The van der Waals surface area contributed by atoms with Crippen molar-refractivity contribution in [2.75, 3.05) is 13.7 Å². The average molecular weight is 366 g/mol. The van der Waals surface area contributed by atoms with Gasteiger partial charge >= 0.3 is 5.97 Å². The molecule has 0 bridgehead atoms. The fraction of sp³-hybridized carbons (Fsp3) is 0.105. The number of benzene rings is 2. The van der Waals surface area contributed by atoms with E-state index in [-0.39, 0.29) is 0 Å². The molecule has 0 fully saturated rings. The minimum absolute atomic E-state index is 0.325. The topological polar surface area (TPSA) is 92.4 Å². The number of carboxylic acid groups (broad SMARTS) is 1. The van der Waals surface area contributed by atoms with E-state index in [0.717, 1.165) is 15.8 Å². The third kappa shape index (κ3) is 3.82. The molecule has 0 saturated carbocycles. The van der Waals surface area contributed by atoms with E-state index in [1.54, 1.807) is 24.3 Å². The maximum absolute atomic E-state index is 10.6. The van der Waals surface area contributed by atoms with E-state index in [0.29, 0.717) is 22.1 Å². The van der Waals surface area contributed by atoms with Crippen LogP contribution in [0.5, 0.6) is 11.5 Å². The summed E-state index contributed by atoms with van der Waals surface area (Å²) < 4.78 is 11.4. The summed E-state index contributed by atoms with van der Waals surface area (Å²) in [5.41, 5.74) is 2.01. The van der Waals surface area contributed by atoms with Gasteiger partial charge in [-0.05, 0) is 35.9 Å². The molecular formula is C19H14N2O4S. The highest BCUT2D eigenvalue weighted by atomic mass is 32.1. The summed E-state index contributed by atoms with van der Waals surface area (Å²) in [5, 5.41) is 18.9. The van der Waals surface area contributed by atoms with E-state index in [1.807, 2.05) is 24.3 Å². The number of ether oxygens (including phenoxy) is 2. The van der Waals surface area contributed by atoms with Gasteiger partial charge in [0.15, 0.2) is 18.1 Å². The van der Waals surface area contributed by atoms with Crippen molar-refractivity contribution in [2.45, 2.75) is 0 Å². The van der Waals surface area contributed by atoms with Gasteiger partial charge in [-0.1, -0.05) is 18.2 Å². The Hall–Kier alpha value is -3.37. The Balaban J connectivity index is 1.93. The Morgan fingerprint density at radius 1 is 1.31 bits per heavy atom. The molecule has 130 valence electrons. The predicted octanol–water partition coefficient (Wildman–Crippen LogP) is 3.83. The molecule has 0 aliphatic rings. The average Bonchev–Trinajstić information content (AvgIpc) is 3.08. The standard InChI is InChI=1S/C19H14N2O4S/c1-24-16-9-12(6-7-15(16)25-11-18(22)23)8-13(10-20)19-21-14-4-2-3-5-17(14)26-19/h2-9H,11H2,1H3,(H,22,23). The zero-order valence-corrected chi connectivity index (χ0v) is 14.6. The number of hydrogen-bond acceptors (Lipinski definition) is 6. The van der Waals surface area contributed by atoms with Crippen LogP contribution in [-0.4, -0.2) is 29.8 Å². The third-order valence-corrected chi connectivity index (χ3v) is 4.56. The van der Waals surface area contributed by atoms with Gasteiger partial charge in [0.25, 0.3) is 0 Å². The van der Waals surface area contributed by atoms with Crippen LogP contribution < -0.4 is 9.47 Å². The molecule has 0 aliphatic carbocycles. The molecule has 3 rings (SSSR count). The summed E-state index contributed by atoms with van der Waals surface area (Å²) in [4.78, 5) is 15.1. The van der Waals surface area contributed by atoms with Crippen molar-refractivity contribution in [3.8, 4) is 17.6 Å². The smallest absolute Gasteiger partial charge is 0.341 e. The maximum Gasteiger partial charge on any atom is 0.341 e. The number of hydrogen-bond donors (Lipinski definition) is 1. The van der Waals surface area contributed by atoms with Gasteiger partial charge in [0.1, 0.15) is 11.1 Å². The zero-order valence-electron chi connectivity index (χ0n) is 13.8. The van der Waals surface area contributed by atoms with Crippen molar-refractivity contribution in [1.82, 2.24) is 4.98 Å². The molecule has 0 aliphatic heterocycles. The van der Waals surface area contributed by atoms with Crippen molar-refractivity contribution < 1.29 is 19.4 Å². The Labute approximate surface area is 153 Å². The highest BCUT2D eigenvalue weighted by molar-refractivity contribution is 7.19. The number of rotatable bonds is 6. The number of fused-ring (bicyclic) bond motifs is 1. The fourth-order valence-electron chi connectivity index (χ4n) is 2.33. The molecule has 1 N–H and O–H groups in total. The van der Waals surface area contributed by atoms with E-state index in [4.69, 9.17) is 14.6 Å². The van der Waals surface area contributed by atoms with Gasteiger partial charge < -0.3 is 14.6 Å². The van der Waals surface area contributed by atoms with Gasteiger partial charge in [-0.25, -0.2) is 9.78 Å². The zero-order chi connectivity index (χ0) is 18.5. The lowest BCUT2D eigenvalue weighted by Crippen LogP contribution is -2.10. The van der Waals surface area contributed by atoms with Crippen LogP contribution in [0.2, 0.25) is 0 Å². The lowest BCUT2D eigenvalue weighted by Gasteiger charge is -2.09. The number of aromatic nitrogens is 1. The maximum atomic E-state index is 10.6. The van der Waals surface area contributed by atoms with Crippen LogP contribution in [0.3, 0.4) is 0 Å². The Morgan fingerprint density at radius 3 is 2.81 bits per heavy atom. The first-order valence-corrected chi connectivity index (χ1v) is 8.42. The van der Waals surface area contributed by atoms with Crippen molar-refractivity contribution in [1.29, 1.82) is 5.26 Å². The summed E-state index contributed by atoms with van der Waals surface area (Å²) in [6.45, 7) is -0.458. The molecule has 0 saturated heterocycles. The number of nitriles is 1. The molecule has 0 unspecified atom stereocenters. The van der Waals surface area contributed by atoms with Gasteiger partial charge in [-0.3, -0.25) is 0 Å². The molecule has 26 heavy (non-hydrogen) atoms. The Morgan fingerprint density at radius 2 is 2.12 bits per heavy atom. The van der Waals surface area contributed by atoms with Crippen molar-refractivity contribution in [3.05, 3.63) is 53.0 Å². The first kappa shape index (κ1) is 17.5. The fourth-order valence-corrected chi connectivity index (χ4v) is 3.26. The normalized spacial score (nSPS) is 11.2. The minimum atomic E-state index is -1.07. The SMILES string of the molecule is COc1cc(C=C(C#N)c2nc3ccccc3s2)ccc1OCC(=O)O. The van der Waals surface area contributed by atoms with Gasteiger partial charge in [0, 0.05) is 0 Å². The number of carbonyl (C=O) groups is 1. The predicted molar refractivity (Wildman–Crippen MR) is 99.2 cm³/mol. The Kier molecular flexibility index (Phi) is 5.15.